The van der Waals surface area contributed by atoms with Gasteiger partial charge in [0.05, 0.1) is 19.8 Å². The van der Waals surface area contributed by atoms with Gasteiger partial charge < -0.3 is 9.47 Å². The number of Topliss-reactive ketones (excluding diaryl/α,β-unsaturated/α-hetero) is 1. The molecule has 0 fully saturated rings. The van der Waals surface area contributed by atoms with Gasteiger partial charge in [0.15, 0.2) is 11.5 Å². The Balaban J connectivity index is 3.08. The van der Waals surface area contributed by atoms with Gasteiger partial charge in [-0.2, -0.15) is 0 Å². The highest BCUT2D eigenvalue weighted by atomic mass is 35.5. The van der Waals surface area contributed by atoms with E-state index in [4.69, 9.17) is 21.1 Å². The second kappa shape index (κ2) is 6.49. The Hall–Kier alpha value is -1.22. The lowest BCUT2D eigenvalue weighted by Crippen LogP contribution is -2.20. The Morgan fingerprint density at radius 3 is 2.30 bits per heavy atom. The van der Waals surface area contributed by atoms with Crippen LogP contribution in [0.3, 0.4) is 0 Å². The van der Waals surface area contributed by atoms with Crippen LogP contribution in [0.15, 0.2) is 12.1 Å². The molecular formula is C16H23ClO3. The second-order valence-corrected chi connectivity index (χ2v) is 6.43. The van der Waals surface area contributed by atoms with Crippen molar-refractivity contribution in [2.75, 3.05) is 14.2 Å². The molecule has 0 bridgehead atoms. The van der Waals surface area contributed by atoms with Gasteiger partial charge in [-0.3, -0.25) is 4.79 Å². The highest BCUT2D eigenvalue weighted by Crippen LogP contribution is 2.38. The number of carbonyl (C=O) groups is 1. The van der Waals surface area contributed by atoms with Gasteiger partial charge >= 0.3 is 0 Å². The van der Waals surface area contributed by atoms with Crippen molar-refractivity contribution in [1.82, 2.24) is 0 Å². The van der Waals surface area contributed by atoms with Crippen LogP contribution in [-0.2, 0) is 0 Å². The van der Waals surface area contributed by atoms with E-state index in [0.717, 1.165) is 0 Å². The van der Waals surface area contributed by atoms with Crippen molar-refractivity contribution in [3.05, 3.63) is 22.7 Å². The summed E-state index contributed by atoms with van der Waals surface area (Å²) in [5.41, 5.74) is 0.591. The molecule has 0 heterocycles. The molecule has 4 heteroatoms. The van der Waals surface area contributed by atoms with Crippen LogP contribution in [-0.4, -0.2) is 20.0 Å². The summed E-state index contributed by atoms with van der Waals surface area (Å²) in [7, 11) is 3.04. The monoisotopic (exact) mass is 298 g/mol. The summed E-state index contributed by atoms with van der Waals surface area (Å²) in [6.07, 6.45) is 0.461. The lowest BCUT2D eigenvalue weighted by Gasteiger charge is -2.26. The summed E-state index contributed by atoms with van der Waals surface area (Å²) in [6.45, 7) is 8.46. The maximum atomic E-state index is 12.5. The van der Waals surface area contributed by atoms with Crippen LogP contribution < -0.4 is 9.47 Å². The first-order valence-electron chi connectivity index (χ1n) is 6.66. The Morgan fingerprint density at radius 1 is 1.25 bits per heavy atom. The van der Waals surface area contributed by atoms with Crippen LogP contribution in [0.25, 0.3) is 0 Å². The largest absolute Gasteiger partial charge is 0.495 e. The first-order chi connectivity index (χ1) is 9.22. The first kappa shape index (κ1) is 16.8. The molecule has 0 N–H and O–H groups in total. The number of benzene rings is 1. The maximum absolute atomic E-state index is 12.5. The average Bonchev–Trinajstić information content (AvgIpc) is 2.36. The average molecular weight is 299 g/mol. The minimum atomic E-state index is 0.0360. The van der Waals surface area contributed by atoms with Crippen LogP contribution in [0.4, 0.5) is 0 Å². The van der Waals surface area contributed by atoms with Gasteiger partial charge in [-0.15, -0.1) is 0 Å². The molecule has 0 aromatic heterocycles. The SMILES string of the molecule is COc1ccc(C(=O)CC(C)C(C)(C)C)c(OC)c1Cl. The van der Waals surface area contributed by atoms with E-state index in [1.165, 1.54) is 14.2 Å². The number of hydrogen-bond acceptors (Lipinski definition) is 3. The molecule has 0 amide bonds. The van der Waals surface area contributed by atoms with Gasteiger partial charge in [0.25, 0.3) is 0 Å². The van der Waals surface area contributed by atoms with Crippen LogP contribution in [0.2, 0.25) is 5.02 Å². The molecule has 1 aromatic rings. The highest BCUT2D eigenvalue weighted by Gasteiger charge is 2.25. The van der Waals surface area contributed by atoms with Crippen molar-refractivity contribution in [3.63, 3.8) is 0 Å². The number of rotatable bonds is 5. The van der Waals surface area contributed by atoms with Crippen LogP contribution >= 0.6 is 11.6 Å². The van der Waals surface area contributed by atoms with E-state index >= 15 is 0 Å². The van der Waals surface area contributed by atoms with E-state index < -0.39 is 0 Å². The number of hydrogen-bond donors (Lipinski definition) is 0. The molecule has 0 aliphatic carbocycles. The summed E-state index contributed by atoms with van der Waals surface area (Å²) in [5, 5.41) is 0.337. The normalized spacial score (nSPS) is 12.9. The molecule has 0 radical (unpaired) electrons. The van der Waals surface area contributed by atoms with E-state index in [0.29, 0.717) is 28.5 Å². The van der Waals surface area contributed by atoms with E-state index in [1.807, 2.05) is 0 Å². The van der Waals surface area contributed by atoms with Crippen molar-refractivity contribution >= 4 is 17.4 Å². The molecule has 0 aliphatic heterocycles. The minimum absolute atomic E-state index is 0.0360. The van der Waals surface area contributed by atoms with Gasteiger partial charge in [0.1, 0.15) is 10.8 Å². The number of halogens is 1. The summed E-state index contributed by atoms with van der Waals surface area (Å²) in [6, 6.07) is 3.40. The predicted octanol–water partition coefficient (Wildman–Crippen LogP) is 4.61. The van der Waals surface area contributed by atoms with Crippen molar-refractivity contribution < 1.29 is 14.3 Å². The van der Waals surface area contributed by atoms with Gasteiger partial charge in [-0.05, 0) is 23.5 Å². The molecule has 3 nitrogen and oxygen atoms in total. The molecule has 0 spiro atoms. The standard InChI is InChI=1S/C16H23ClO3/c1-10(16(2,3)4)9-12(18)11-7-8-13(19-5)14(17)15(11)20-6/h7-8,10H,9H2,1-6H3. The smallest absolute Gasteiger partial charge is 0.166 e. The molecule has 1 aromatic carbocycles. The second-order valence-electron chi connectivity index (χ2n) is 6.06. The highest BCUT2D eigenvalue weighted by molar-refractivity contribution is 6.34. The van der Waals surface area contributed by atoms with Crippen molar-refractivity contribution in [2.45, 2.75) is 34.1 Å². The zero-order chi connectivity index (χ0) is 15.5. The van der Waals surface area contributed by atoms with E-state index in [2.05, 4.69) is 27.7 Å². The Morgan fingerprint density at radius 2 is 1.85 bits per heavy atom. The molecule has 1 unspecified atom stereocenters. The lowest BCUT2D eigenvalue weighted by atomic mass is 9.78. The Kier molecular flexibility index (Phi) is 5.46. The van der Waals surface area contributed by atoms with Crippen LogP contribution in [0.5, 0.6) is 11.5 Å². The molecule has 20 heavy (non-hydrogen) atoms. The zero-order valence-corrected chi connectivity index (χ0v) is 13.8. The van der Waals surface area contributed by atoms with Gasteiger partial charge in [0.2, 0.25) is 0 Å². The van der Waals surface area contributed by atoms with Gasteiger partial charge in [-0.1, -0.05) is 39.3 Å². The molecule has 0 saturated heterocycles. The minimum Gasteiger partial charge on any atom is -0.495 e. The summed E-state index contributed by atoms with van der Waals surface area (Å²) in [5.74, 6) is 1.19. The zero-order valence-electron chi connectivity index (χ0n) is 13.0. The molecule has 1 rings (SSSR count). The fourth-order valence-corrected chi connectivity index (χ4v) is 2.13. The summed E-state index contributed by atoms with van der Waals surface area (Å²) >= 11 is 6.18. The number of ketones is 1. The third-order valence-electron chi connectivity index (χ3n) is 3.76. The molecule has 112 valence electrons. The quantitative estimate of drug-likeness (QED) is 0.745. The van der Waals surface area contributed by atoms with Crippen LogP contribution in [0.1, 0.15) is 44.5 Å². The fourth-order valence-electron chi connectivity index (χ4n) is 1.81. The van der Waals surface area contributed by atoms with Crippen LogP contribution in [0, 0.1) is 11.3 Å². The van der Waals surface area contributed by atoms with Crippen molar-refractivity contribution in [2.24, 2.45) is 11.3 Å². The topological polar surface area (TPSA) is 35.5 Å². The Bertz CT molecular complexity index is 489. The van der Waals surface area contributed by atoms with E-state index in [9.17, 15) is 4.79 Å². The number of methoxy groups -OCH3 is 2. The van der Waals surface area contributed by atoms with Gasteiger partial charge in [0, 0.05) is 6.42 Å². The molecular weight excluding hydrogens is 276 g/mol. The third-order valence-corrected chi connectivity index (χ3v) is 4.11. The maximum Gasteiger partial charge on any atom is 0.166 e. The summed E-state index contributed by atoms with van der Waals surface area (Å²) < 4.78 is 10.4. The number of ether oxygens (including phenoxy) is 2. The number of carbonyl (C=O) groups excluding carboxylic acids is 1. The van der Waals surface area contributed by atoms with Crippen molar-refractivity contribution in [3.8, 4) is 11.5 Å². The van der Waals surface area contributed by atoms with E-state index in [1.54, 1.807) is 12.1 Å². The molecule has 0 aliphatic rings. The molecule has 1 atom stereocenters. The van der Waals surface area contributed by atoms with Gasteiger partial charge in [-0.25, -0.2) is 0 Å². The first-order valence-corrected chi connectivity index (χ1v) is 7.03. The predicted molar refractivity (Wildman–Crippen MR) is 82.1 cm³/mol. The lowest BCUT2D eigenvalue weighted by molar-refractivity contribution is 0.0924. The Labute approximate surface area is 126 Å². The van der Waals surface area contributed by atoms with E-state index in [-0.39, 0.29) is 17.1 Å². The fraction of sp³-hybridized carbons (Fsp3) is 0.562. The molecule has 0 saturated carbocycles. The van der Waals surface area contributed by atoms with Crippen molar-refractivity contribution in [1.29, 1.82) is 0 Å². The third kappa shape index (κ3) is 3.66. The summed E-state index contributed by atoms with van der Waals surface area (Å²) in [4.78, 5) is 12.5.